The number of carbonyl (C=O) groups excluding carboxylic acids is 3. The Kier molecular flexibility index (Phi) is 4.75. The van der Waals surface area contributed by atoms with Crippen LogP contribution in [-0.2, 0) is 25.7 Å². The average Bonchev–Trinajstić information content (AvgIpc) is 3.27. The van der Waals surface area contributed by atoms with Gasteiger partial charge in [0.15, 0.2) is 0 Å². The van der Waals surface area contributed by atoms with Crippen LogP contribution in [0.25, 0.3) is 11.5 Å². The standard InChI is InChI=1S/C20H20N2O5/c23-17(10-22-19(24)15-8-4-5-9-16(15)20(22)25)26-11-14-12-27-18(21-14)13-6-2-1-3-7-13/h1-3,6-7,12,15-16H,4-5,8-11H2/t15-,16-/m1/s1. The molecule has 1 saturated carbocycles. The summed E-state index contributed by atoms with van der Waals surface area (Å²) in [5.74, 6) is -1.19. The Morgan fingerprint density at radius 2 is 1.78 bits per heavy atom. The first kappa shape index (κ1) is 17.5. The molecule has 0 radical (unpaired) electrons. The molecule has 0 N–H and O–H groups in total. The van der Waals surface area contributed by atoms with Crippen LogP contribution in [0, 0.1) is 11.8 Å². The van der Waals surface area contributed by atoms with Crippen molar-refractivity contribution in [2.75, 3.05) is 6.54 Å². The normalized spacial score (nSPS) is 22.0. The van der Waals surface area contributed by atoms with E-state index in [1.165, 1.54) is 6.26 Å². The highest BCUT2D eigenvalue weighted by Crippen LogP contribution is 2.37. The second-order valence-electron chi connectivity index (χ2n) is 6.93. The van der Waals surface area contributed by atoms with E-state index in [0.29, 0.717) is 11.6 Å². The number of hydrogen-bond donors (Lipinski definition) is 0. The lowest BCUT2D eigenvalue weighted by atomic mass is 9.81. The monoisotopic (exact) mass is 368 g/mol. The number of imide groups is 1. The van der Waals surface area contributed by atoms with Gasteiger partial charge in [0.25, 0.3) is 0 Å². The van der Waals surface area contributed by atoms with Gasteiger partial charge in [-0.1, -0.05) is 31.0 Å². The zero-order chi connectivity index (χ0) is 18.8. The predicted octanol–water partition coefficient (Wildman–Crippen LogP) is 2.56. The summed E-state index contributed by atoms with van der Waals surface area (Å²) in [7, 11) is 0. The Morgan fingerprint density at radius 1 is 1.11 bits per heavy atom. The third-order valence-corrected chi connectivity index (χ3v) is 5.17. The molecule has 2 aliphatic rings. The van der Waals surface area contributed by atoms with Crippen LogP contribution in [0.2, 0.25) is 0 Å². The molecule has 27 heavy (non-hydrogen) atoms. The third kappa shape index (κ3) is 3.49. The van der Waals surface area contributed by atoms with Gasteiger partial charge in [-0.15, -0.1) is 0 Å². The number of carbonyl (C=O) groups is 3. The Morgan fingerprint density at radius 3 is 2.44 bits per heavy atom. The molecule has 4 rings (SSSR count). The van der Waals surface area contributed by atoms with Crippen LogP contribution >= 0.6 is 0 Å². The summed E-state index contributed by atoms with van der Waals surface area (Å²) in [4.78, 5) is 42.2. The summed E-state index contributed by atoms with van der Waals surface area (Å²) in [6.45, 7) is -0.410. The lowest BCUT2D eigenvalue weighted by Crippen LogP contribution is -2.36. The SMILES string of the molecule is O=C(CN1C(=O)[C@@H]2CCCC[C@H]2C1=O)OCc1coc(-c2ccccc2)n1. The molecular formula is C20H20N2O5. The van der Waals surface area contributed by atoms with Crippen molar-refractivity contribution in [3.8, 4) is 11.5 Å². The number of nitrogens with zero attached hydrogens (tertiary/aromatic N) is 2. The van der Waals surface area contributed by atoms with Crippen LogP contribution < -0.4 is 0 Å². The number of oxazole rings is 1. The quantitative estimate of drug-likeness (QED) is 0.595. The van der Waals surface area contributed by atoms with Crippen molar-refractivity contribution in [2.24, 2.45) is 11.8 Å². The molecule has 1 aromatic carbocycles. The van der Waals surface area contributed by atoms with E-state index < -0.39 is 5.97 Å². The summed E-state index contributed by atoms with van der Waals surface area (Å²) in [5, 5.41) is 0. The molecule has 1 aliphatic carbocycles. The lowest BCUT2D eigenvalue weighted by Gasteiger charge is -2.19. The molecule has 2 atom stereocenters. The van der Waals surface area contributed by atoms with Gasteiger partial charge in [0.2, 0.25) is 17.7 Å². The van der Waals surface area contributed by atoms with Gasteiger partial charge in [0.1, 0.15) is 25.1 Å². The smallest absolute Gasteiger partial charge is 0.326 e. The first-order valence-electron chi connectivity index (χ1n) is 9.14. The van der Waals surface area contributed by atoms with Crippen LogP contribution in [0.3, 0.4) is 0 Å². The van der Waals surface area contributed by atoms with Crippen LogP contribution in [0.5, 0.6) is 0 Å². The summed E-state index contributed by atoms with van der Waals surface area (Å²) in [5.41, 5.74) is 1.29. The lowest BCUT2D eigenvalue weighted by molar-refractivity contribution is -0.153. The van der Waals surface area contributed by atoms with Crippen LogP contribution in [-0.4, -0.2) is 34.2 Å². The highest BCUT2D eigenvalue weighted by atomic mass is 16.5. The molecule has 140 valence electrons. The maximum Gasteiger partial charge on any atom is 0.326 e. The number of esters is 1. The summed E-state index contributed by atoms with van der Waals surface area (Å²) < 4.78 is 10.6. The molecule has 0 bridgehead atoms. The van der Waals surface area contributed by atoms with E-state index in [2.05, 4.69) is 4.98 Å². The number of aromatic nitrogens is 1. The molecule has 1 saturated heterocycles. The van der Waals surface area contributed by atoms with Gasteiger partial charge in [-0.3, -0.25) is 19.3 Å². The number of amides is 2. The second kappa shape index (κ2) is 7.34. The van der Waals surface area contributed by atoms with Crippen molar-refractivity contribution in [2.45, 2.75) is 32.3 Å². The molecular weight excluding hydrogens is 348 g/mol. The number of hydrogen-bond acceptors (Lipinski definition) is 6. The Hall–Kier alpha value is -2.96. The van der Waals surface area contributed by atoms with Gasteiger partial charge < -0.3 is 9.15 Å². The zero-order valence-corrected chi connectivity index (χ0v) is 14.8. The van der Waals surface area contributed by atoms with Gasteiger partial charge in [-0.25, -0.2) is 4.98 Å². The molecule has 2 aromatic rings. The number of ether oxygens (including phenoxy) is 1. The predicted molar refractivity (Wildman–Crippen MR) is 93.9 cm³/mol. The van der Waals surface area contributed by atoms with Crippen LogP contribution in [0.15, 0.2) is 41.0 Å². The second-order valence-corrected chi connectivity index (χ2v) is 6.93. The minimum Gasteiger partial charge on any atom is -0.458 e. The molecule has 7 heteroatoms. The van der Waals surface area contributed by atoms with E-state index >= 15 is 0 Å². The minimum absolute atomic E-state index is 0.0712. The molecule has 2 heterocycles. The zero-order valence-electron chi connectivity index (χ0n) is 14.8. The van der Waals surface area contributed by atoms with E-state index in [1.807, 2.05) is 30.3 Å². The molecule has 2 fully saturated rings. The molecule has 1 aliphatic heterocycles. The molecule has 1 aromatic heterocycles. The average molecular weight is 368 g/mol. The van der Waals surface area contributed by atoms with Crippen molar-refractivity contribution >= 4 is 17.8 Å². The third-order valence-electron chi connectivity index (χ3n) is 5.17. The van der Waals surface area contributed by atoms with E-state index in [4.69, 9.17) is 9.15 Å². The van der Waals surface area contributed by atoms with Crippen molar-refractivity contribution in [1.82, 2.24) is 9.88 Å². The van der Waals surface area contributed by atoms with E-state index in [9.17, 15) is 14.4 Å². The fourth-order valence-corrected chi connectivity index (χ4v) is 3.80. The highest BCUT2D eigenvalue weighted by Gasteiger charge is 2.48. The summed E-state index contributed by atoms with van der Waals surface area (Å²) >= 11 is 0. The van der Waals surface area contributed by atoms with E-state index in [0.717, 1.165) is 36.1 Å². The molecule has 2 amide bonds. The topological polar surface area (TPSA) is 89.7 Å². The number of benzene rings is 1. The van der Waals surface area contributed by atoms with Gasteiger partial charge in [-0.05, 0) is 25.0 Å². The van der Waals surface area contributed by atoms with Crippen molar-refractivity contribution in [3.05, 3.63) is 42.3 Å². The Balaban J connectivity index is 1.33. The van der Waals surface area contributed by atoms with Gasteiger partial charge in [-0.2, -0.15) is 0 Å². The van der Waals surface area contributed by atoms with Gasteiger partial charge in [0, 0.05) is 5.56 Å². The van der Waals surface area contributed by atoms with Crippen molar-refractivity contribution < 1.29 is 23.5 Å². The maximum atomic E-state index is 12.4. The summed E-state index contributed by atoms with van der Waals surface area (Å²) in [6.07, 6.45) is 4.78. The first-order chi connectivity index (χ1) is 13.1. The van der Waals surface area contributed by atoms with Crippen LogP contribution in [0.4, 0.5) is 0 Å². The molecule has 7 nitrogen and oxygen atoms in total. The summed E-state index contributed by atoms with van der Waals surface area (Å²) in [6, 6.07) is 9.38. The highest BCUT2D eigenvalue weighted by molar-refractivity contribution is 6.07. The van der Waals surface area contributed by atoms with Gasteiger partial charge >= 0.3 is 5.97 Å². The Labute approximate surface area is 156 Å². The van der Waals surface area contributed by atoms with Gasteiger partial charge in [0.05, 0.1) is 11.8 Å². The van der Waals surface area contributed by atoms with E-state index in [1.54, 1.807) is 0 Å². The molecule has 0 spiro atoms. The fourth-order valence-electron chi connectivity index (χ4n) is 3.80. The van der Waals surface area contributed by atoms with E-state index in [-0.39, 0.29) is 36.8 Å². The largest absolute Gasteiger partial charge is 0.458 e. The minimum atomic E-state index is -0.625. The maximum absolute atomic E-state index is 12.4. The number of fused-ring (bicyclic) bond motifs is 1. The Bertz CT molecular complexity index is 836. The van der Waals surface area contributed by atoms with Crippen molar-refractivity contribution in [1.29, 1.82) is 0 Å². The van der Waals surface area contributed by atoms with Crippen LogP contribution in [0.1, 0.15) is 31.4 Å². The van der Waals surface area contributed by atoms with Crippen molar-refractivity contribution in [3.63, 3.8) is 0 Å². The fraction of sp³-hybridized carbons (Fsp3) is 0.400. The number of rotatable bonds is 5. The number of likely N-dealkylation sites (tertiary alicyclic amines) is 1. The molecule has 0 unspecified atom stereocenters. The first-order valence-corrected chi connectivity index (χ1v) is 9.14.